The van der Waals surface area contributed by atoms with Crippen LogP contribution in [0.2, 0.25) is 5.15 Å². The van der Waals surface area contributed by atoms with E-state index in [4.69, 9.17) is 11.6 Å². The maximum absolute atomic E-state index is 6.20. The van der Waals surface area contributed by atoms with Crippen molar-refractivity contribution in [3.8, 4) is 0 Å². The normalized spacial score (nSPS) is 17.2. The third-order valence-corrected chi connectivity index (χ3v) is 3.81. The van der Waals surface area contributed by atoms with Gasteiger partial charge in [-0.1, -0.05) is 31.9 Å². The second kappa shape index (κ2) is 6.34. The molecule has 1 aliphatic heterocycles. The fraction of sp³-hybridized carbons (Fsp3) is 0.692. The van der Waals surface area contributed by atoms with Gasteiger partial charge in [-0.3, -0.25) is 0 Å². The minimum atomic E-state index is 0.611. The molecule has 0 radical (unpaired) electrons. The van der Waals surface area contributed by atoms with Gasteiger partial charge in [-0.15, -0.1) is 0 Å². The van der Waals surface area contributed by atoms with Gasteiger partial charge in [-0.25, -0.2) is 9.97 Å². The fourth-order valence-corrected chi connectivity index (χ4v) is 2.62. The van der Waals surface area contributed by atoms with Gasteiger partial charge in [-0.2, -0.15) is 0 Å². The van der Waals surface area contributed by atoms with Crippen molar-refractivity contribution in [2.75, 3.05) is 37.6 Å². The van der Waals surface area contributed by atoms with Crippen LogP contribution in [0.5, 0.6) is 0 Å². The molecule has 1 aliphatic rings. The molecule has 4 nitrogen and oxygen atoms in total. The van der Waals surface area contributed by atoms with Crippen LogP contribution in [0.3, 0.4) is 0 Å². The average molecular weight is 269 g/mol. The van der Waals surface area contributed by atoms with Gasteiger partial charge in [0.05, 0.1) is 0 Å². The van der Waals surface area contributed by atoms with E-state index in [0.717, 1.165) is 56.9 Å². The zero-order valence-electron chi connectivity index (χ0n) is 11.2. The van der Waals surface area contributed by atoms with Crippen LogP contribution in [-0.2, 0) is 6.42 Å². The van der Waals surface area contributed by atoms with E-state index >= 15 is 0 Å². The van der Waals surface area contributed by atoms with Crippen LogP contribution in [0.1, 0.15) is 25.8 Å². The Kier molecular flexibility index (Phi) is 4.78. The number of nitrogens with zero attached hydrogens (tertiary/aromatic N) is 4. The molecule has 100 valence electrons. The first-order chi connectivity index (χ1) is 8.76. The van der Waals surface area contributed by atoms with Crippen LogP contribution in [-0.4, -0.2) is 47.6 Å². The monoisotopic (exact) mass is 268 g/mol. The van der Waals surface area contributed by atoms with Crippen LogP contribution in [0, 0.1) is 0 Å². The molecule has 0 unspecified atom stereocenters. The van der Waals surface area contributed by atoms with Crippen molar-refractivity contribution in [2.24, 2.45) is 0 Å². The van der Waals surface area contributed by atoms with Crippen LogP contribution in [0.15, 0.2) is 6.33 Å². The molecule has 0 aromatic carbocycles. The Labute approximate surface area is 114 Å². The number of halogens is 1. The second-order valence-corrected chi connectivity index (χ2v) is 5.00. The van der Waals surface area contributed by atoms with Crippen LogP contribution in [0.25, 0.3) is 0 Å². The lowest BCUT2D eigenvalue weighted by Gasteiger charge is -2.35. The van der Waals surface area contributed by atoms with Crippen LogP contribution >= 0.6 is 11.6 Å². The Morgan fingerprint density at radius 3 is 2.50 bits per heavy atom. The predicted molar refractivity (Wildman–Crippen MR) is 75.4 cm³/mol. The molecule has 1 aromatic rings. The smallest absolute Gasteiger partial charge is 0.137 e. The molecule has 0 aliphatic carbocycles. The van der Waals surface area contributed by atoms with Gasteiger partial charge >= 0.3 is 0 Å². The van der Waals surface area contributed by atoms with Crippen LogP contribution in [0.4, 0.5) is 5.82 Å². The molecule has 1 aromatic heterocycles. The maximum atomic E-state index is 6.20. The molecule has 0 bridgehead atoms. The minimum Gasteiger partial charge on any atom is -0.354 e. The van der Waals surface area contributed by atoms with Gasteiger partial charge in [0.2, 0.25) is 0 Å². The Bertz CT molecular complexity index is 389. The summed E-state index contributed by atoms with van der Waals surface area (Å²) in [5.74, 6) is 1.03. The third kappa shape index (κ3) is 2.93. The first-order valence-corrected chi connectivity index (χ1v) is 7.10. The Morgan fingerprint density at radius 1 is 1.17 bits per heavy atom. The molecule has 18 heavy (non-hydrogen) atoms. The maximum Gasteiger partial charge on any atom is 0.137 e. The lowest BCUT2D eigenvalue weighted by molar-refractivity contribution is 0.270. The minimum absolute atomic E-state index is 0.611. The molecular weight excluding hydrogens is 248 g/mol. The van der Waals surface area contributed by atoms with E-state index in [2.05, 4.69) is 33.6 Å². The molecule has 2 heterocycles. The summed E-state index contributed by atoms with van der Waals surface area (Å²) in [7, 11) is 0. The molecular formula is C13H21ClN4. The van der Waals surface area contributed by atoms with Gasteiger partial charge in [0.1, 0.15) is 17.3 Å². The van der Waals surface area contributed by atoms with E-state index in [0.29, 0.717) is 5.15 Å². The number of anilines is 1. The standard InChI is InChI=1S/C13H21ClN4/c1-3-5-11-12(14)15-10-16-13(11)18-8-6-17(4-2)7-9-18/h10H,3-9H2,1-2H3. The summed E-state index contributed by atoms with van der Waals surface area (Å²) >= 11 is 6.20. The first kappa shape index (κ1) is 13.6. The van der Waals surface area contributed by atoms with E-state index in [1.54, 1.807) is 6.33 Å². The molecule has 0 amide bonds. The summed E-state index contributed by atoms with van der Waals surface area (Å²) in [6, 6.07) is 0. The summed E-state index contributed by atoms with van der Waals surface area (Å²) in [5, 5.41) is 0.611. The Hall–Kier alpha value is -0.870. The zero-order valence-corrected chi connectivity index (χ0v) is 11.9. The highest BCUT2D eigenvalue weighted by Gasteiger charge is 2.20. The topological polar surface area (TPSA) is 32.3 Å². The number of aromatic nitrogens is 2. The molecule has 2 rings (SSSR count). The van der Waals surface area contributed by atoms with Crippen molar-refractivity contribution in [3.63, 3.8) is 0 Å². The van der Waals surface area contributed by atoms with Crippen molar-refractivity contribution in [3.05, 3.63) is 17.0 Å². The lowest BCUT2D eigenvalue weighted by Crippen LogP contribution is -2.46. The number of hydrogen-bond acceptors (Lipinski definition) is 4. The highest BCUT2D eigenvalue weighted by Crippen LogP contribution is 2.25. The summed E-state index contributed by atoms with van der Waals surface area (Å²) in [6.07, 6.45) is 3.58. The van der Waals surface area contributed by atoms with Crippen molar-refractivity contribution >= 4 is 17.4 Å². The summed E-state index contributed by atoms with van der Waals surface area (Å²) in [4.78, 5) is 13.3. The molecule has 1 saturated heterocycles. The molecule has 0 atom stereocenters. The van der Waals surface area contributed by atoms with Crippen molar-refractivity contribution in [2.45, 2.75) is 26.7 Å². The SMILES string of the molecule is CCCc1c(Cl)ncnc1N1CCN(CC)CC1. The largest absolute Gasteiger partial charge is 0.354 e. The highest BCUT2D eigenvalue weighted by molar-refractivity contribution is 6.30. The van der Waals surface area contributed by atoms with Crippen LogP contribution < -0.4 is 4.90 Å². The quantitative estimate of drug-likeness (QED) is 0.784. The van der Waals surface area contributed by atoms with E-state index in [1.165, 1.54) is 0 Å². The summed E-state index contributed by atoms with van der Waals surface area (Å²) < 4.78 is 0. The van der Waals surface area contributed by atoms with Gasteiger partial charge in [0.25, 0.3) is 0 Å². The van der Waals surface area contributed by atoms with Gasteiger partial charge in [-0.05, 0) is 13.0 Å². The van der Waals surface area contributed by atoms with Crippen molar-refractivity contribution in [1.29, 1.82) is 0 Å². The van der Waals surface area contributed by atoms with Gasteiger partial charge < -0.3 is 9.80 Å². The number of likely N-dealkylation sites (N-methyl/N-ethyl adjacent to an activating group) is 1. The van der Waals surface area contributed by atoms with E-state index in [-0.39, 0.29) is 0 Å². The predicted octanol–water partition coefficient (Wildman–Crippen LogP) is 2.22. The number of rotatable bonds is 4. The molecule has 1 fully saturated rings. The Balaban J connectivity index is 2.15. The van der Waals surface area contributed by atoms with E-state index in [9.17, 15) is 0 Å². The van der Waals surface area contributed by atoms with E-state index in [1.807, 2.05) is 0 Å². The first-order valence-electron chi connectivity index (χ1n) is 6.73. The summed E-state index contributed by atoms with van der Waals surface area (Å²) in [6.45, 7) is 9.74. The molecule has 0 spiro atoms. The van der Waals surface area contributed by atoms with E-state index < -0.39 is 0 Å². The van der Waals surface area contributed by atoms with Crippen molar-refractivity contribution < 1.29 is 0 Å². The summed E-state index contributed by atoms with van der Waals surface area (Å²) in [5.41, 5.74) is 1.10. The number of piperazine rings is 1. The number of hydrogen-bond donors (Lipinski definition) is 0. The third-order valence-electron chi connectivity index (χ3n) is 3.49. The molecule has 5 heteroatoms. The zero-order chi connectivity index (χ0) is 13.0. The fourth-order valence-electron chi connectivity index (χ4n) is 2.40. The molecule has 0 saturated carbocycles. The van der Waals surface area contributed by atoms with Gasteiger partial charge in [0, 0.05) is 31.7 Å². The Morgan fingerprint density at radius 2 is 1.89 bits per heavy atom. The molecule has 0 N–H and O–H groups in total. The van der Waals surface area contributed by atoms with Crippen molar-refractivity contribution in [1.82, 2.24) is 14.9 Å². The highest BCUT2D eigenvalue weighted by atomic mass is 35.5. The second-order valence-electron chi connectivity index (χ2n) is 4.64. The lowest BCUT2D eigenvalue weighted by atomic mass is 10.1. The van der Waals surface area contributed by atoms with Gasteiger partial charge in [0.15, 0.2) is 0 Å². The average Bonchev–Trinajstić information content (AvgIpc) is 2.41.